The van der Waals surface area contributed by atoms with Gasteiger partial charge < -0.3 is 20.4 Å². The van der Waals surface area contributed by atoms with Gasteiger partial charge in [0.1, 0.15) is 5.82 Å². The second kappa shape index (κ2) is 8.44. The summed E-state index contributed by atoms with van der Waals surface area (Å²) in [6.07, 6.45) is 5.31. The molecule has 0 radical (unpaired) electrons. The zero-order chi connectivity index (χ0) is 16.8. The highest BCUT2D eigenvalue weighted by atomic mass is 16.1. The van der Waals surface area contributed by atoms with Gasteiger partial charge in [-0.15, -0.1) is 0 Å². The Labute approximate surface area is 144 Å². The van der Waals surface area contributed by atoms with Gasteiger partial charge in [0.25, 0.3) is 5.91 Å². The first kappa shape index (κ1) is 17.2. The third-order valence-electron chi connectivity index (χ3n) is 5.07. The predicted molar refractivity (Wildman–Crippen MR) is 96.5 cm³/mol. The Bertz CT molecular complexity index is 536. The van der Waals surface area contributed by atoms with Crippen molar-refractivity contribution in [1.82, 2.24) is 20.5 Å². The number of likely N-dealkylation sites (N-methyl/N-ethyl adjacent to an activating group) is 1. The van der Waals surface area contributed by atoms with Gasteiger partial charge in [-0.05, 0) is 57.5 Å². The van der Waals surface area contributed by atoms with Crippen LogP contribution >= 0.6 is 0 Å². The van der Waals surface area contributed by atoms with E-state index in [1.165, 1.54) is 12.8 Å². The molecule has 0 aromatic carbocycles. The molecule has 132 valence electrons. The zero-order valence-electron chi connectivity index (χ0n) is 14.6. The summed E-state index contributed by atoms with van der Waals surface area (Å²) >= 11 is 0. The van der Waals surface area contributed by atoms with Gasteiger partial charge >= 0.3 is 0 Å². The van der Waals surface area contributed by atoms with Gasteiger partial charge in [0, 0.05) is 44.5 Å². The van der Waals surface area contributed by atoms with Gasteiger partial charge in [-0.25, -0.2) is 4.98 Å². The molecule has 2 fully saturated rings. The number of hydrogen-bond donors (Lipinski definition) is 2. The number of pyridine rings is 1. The molecule has 1 atom stereocenters. The number of nitrogens with zero attached hydrogens (tertiary/aromatic N) is 3. The molecule has 0 aliphatic carbocycles. The lowest BCUT2D eigenvalue weighted by Gasteiger charge is -2.33. The minimum absolute atomic E-state index is 0.0107. The van der Waals surface area contributed by atoms with Crippen molar-refractivity contribution in [2.45, 2.75) is 19.3 Å². The summed E-state index contributed by atoms with van der Waals surface area (Å²) in [6, 6.07) is 3.72. The average Bonchev–Trinajstić information content (AvgIpc) is 2.63. The number of carbonyl (C=O) groups is 1. The van der Waals surface area contributed by atoms with Gasteiger partial charge in [0.15, 0.2) is 0 Å². The Kier molecular flexibility index (Phi) is 6.04. The van der Waals surface area contributed by atoms with E-state index in [9.17, 15) is 4.79 Å². The number of nitrogens with one attached hydrogen (secondary N) is 2. The van der Waals surface area contributed by atoms with Crippen LogP contribution < -0.4 is 15.5 Å². The minimum Gasteiger partial charge on any atom is -0.354 e. The highest BCUT2D eigenvalue weighted by Gasteiger charge is 2.17. The molecule has 1 unspecified atom stereocenters. The third kappa shape index (κ3) is 4.68. The fourth-order valence-corrected chi connectivity index (χ4v) is 3.43. The Balaban J connectivity index is 1.50. The Hall–Kier alpha value is -1.66. The monoisotopic (exact) mass is 331 g/mol. The Morgan fingerprint density at radius 2 is 2.21 bits per heavy atom. The van der Waals surface area contributed by atoms with Gasteiger partial charge in [-0.3, -0.25) is 4.79 Å². The Morgan fingerprint density at radius 3 is 2.96 bits per heavy atom. The maximum Gasteiger partial charge on any atom is 0.251 e. The number of hydrogen-bond acceptors (Lipinski definition) is 5. The zero-order valence-corrected chi connectivity index (χ0v) is 14.6. The number of amides is 1. The van der Waals surface area contributed by atoms with Crippen LogP contribution in [0.4, 0.5) is 5.82 Å². The standard InChI is InChI=1S/C18H29N5O/c1-22-9-11-23(12-10-22)17-13-16(5-8-20-17)18(24)21-7-4-15-3-2-6-19-14-15/h5,8,13,15,19H,2-4,6-7,9-12,14H2,1H3,(H,21,24). The molecule has 1 aromatic rings. The van der Waals surface area contributed by atoms with Crippen LogP contribution in [0.5, 0.6) is 0 Å². The van der Waals surface area contributed by atoms with Crippen LogP contribution in [0.1, 0.15) is 29.6 Å². The van der Waals surface area contributed by atoms with Crippen LogP contribution in [-0.2, 0) is 0 Å². The van der Waals surface area contributed by atoms with Crippen LogP contribution in [0.15, 0.2) is 18.3 Å². The maximum absolute atomic E-state index is 12.4. The number of aromatic nitrogens is 1. The van der Waals surface area contributed by atoms with E-state index in [2.05, 4.69) is 32.5 Å². The molecule has 1 aromatic heterocycles. The van der Waals surface area contributed by atoms with Crippen LogP contribution in [-0.4, -0.2) is 68.7 Å². The van der Waals surface area contributed by atoms with Crippen molar-refractivity contribution >= 4 is 11.7 Å². The molecular formula is C18H29N5O. The van der Waals surface area contributed by atoms with Crippen molar-refractivity contribution in [1.29, 1.82) is 0 Å². The quantitative estimate of drug-likeness (QED) is 0.841. The van der Waals surface area contributed by atoms with Gasteiger partial charge in [-0.1, -0.05) is 0 Å². The molecule has 2 saturated heterocycles. The summed E-state index contributed by atoms with van der Waals surface area (Å²) in [5.74, 6) is 1.61. The van der Waals surface area contributed by atoms with Crippen molar-refractivity contribution in [3.63, 3.8) is 0 Å². The second-order valence-electron chi connectivity index (χ2n) is 6.95. The Morgan fingerprint density at radius 1 is 1.38 bits per heavy atom. The smallest absolute Gasteiger partial charge is 0.251 e. The molecule has 2 N–H and O–H groups in total. The van der Waals surface area contributed by atoms with Crippen LogP contribution in [0, 0.1) is 5.92 Å². The van der Waals surface area contributed by atoms with Crippen molar-refractivity contribution in [2.75, 3.05) is 57.8 Å². The highest BCUT2D eigenvalue weighted by Crippen LogP contribution is 2.15. The van der Waals surface area contributed by atoms with Crippen molar-refractivity contribution in [2.24, 2.45) is 5.92 Å². The third-order valence-corrected chi connectivity index (χ3v) is 5.07. The van der Waals surface area contributed by atoms with E-state index >= 15 is 0 Å². The first-order chi connectivity index (χ1) is 11.7. The van der Waals surface area contributed by atoms with Gasteiger partial charge in [0.2, 0.25) is 0 Å². The highest BCUT2D eigenvalue weighted by molar-refractivity contribution is 5.94. The fraction of sp³-hybridized carbons (Fsp3) is 0.667. The first-order valence-electron chi connectivity index (χ1n) is 9.11. The van der Waals surface area contributed by atoms with E-state index in [1.807, 2.05) is 6.07 Å². The number of piperazine rings is 1. The van der Waals surface area contributed by atoms with E-state index in [0.29, 0.717) is 11.5 Å². The number of anilines is 1. The molecule has 2 aliphatic rings. The molecule has 1 amide bonds. The summed E-state index contributed by atoms with van der Waals surface area (Å²) in [7, 11) is 2.14. The number of rotatable bonds is 5. The predicted octanol–water partition coefficient (Wildman–Crippen LogP) is 0.953. The minimum atomic E-state index is 0.0107. The molecular weight excluding hydrogens is 302 g/mol. The summed E-state index contributed by atoms with van der Waals surface area (Å²) < 4.78 is 0. The molecule has 3 rings (SSSR count). The molecule has 6 heteroatoms. The van der Waals surface area contributed by atoms with E-state index in [4.69, 9.17) is 0 Å². The molecule has 24 heavy (non-hydrogen) atoms. The summed E-state index contributed by atoms with van der Waals surface area (Å²) in [5.41, 5.74) is 0.709. The second-order valence-corrected chi connectivity index (χ2v) is 6.95. The summed E-state index contributed by atoms with van der Waals surface area (Å²) in [6.45, 7) is 6.96. The van der Waals surface area contributed by atoms with E-state index in [-0.39, 0.29) is 5.91 Å². The topological polar surface area (TPSA) is 60.5 Å². The van der Waals surface area contributed by atoms with Gasteiger partial charge in [0.05, 0.1) is 0 Å². The largest absolute Gasteiger partial charge is 0.354 e. The average molecular weight is 331 g/mol. The van der Waals surface area contributed by atoms with Crippen molar-refractivity contribution in [3.8, 4) is 0 Å². The van der Waals surface area contributed by atoms with Gasteiger partial charge in [-0.2, -0.15) is 0 Å². The van der Waals surface area contributed by atoms with Crippen LogP contribution in [0.25, 0.3) is 0 Å². The fourth-order valence-electron chi connectivity index (χ4n) is 3.43. The maximum atomic E-state index is 12.4. The molecule has 0 spiro atoms. The molecule has 2 aliphatic heterocycles. The molecule has 3 heterocycles. The lowest BCUT2D eigenvalue weighted by atomic mass is 9.96. The lowest BCUT2D eigenvalue weighted by molar-refractivity contribution is 0.0950. The number of piperidine rings is 1. The lowest BCUT2D eigenvalue weighted by Crippen LogP contribution is -2.44. The molecule has 0 bridgehead atoms. The van der Waals surface area contributed by atoms with Crippen molar-refractivity contribution in [3.05, 3.63) is 23.9 Å². The molecule has 6 nitrogen and oxygen atoms in total. The SMILES string of the molecule is CN1CCN(c2cc(C(=O)NCCC3CCCNC3)ccn2)CC1. The summed E-state index contributed by atoms with van der Waals surface area (Å²) in [5, 5.41) is 6.48. The summed E-state index contributed by atoms with van der Waals surface area (Å²) in [4.78, 5) is 21.4. The molecule has 0 saturated carbocycles. The van der Waals surface area contributed by atoms with E-state index < -0.39 is 0 Å². The van der Waals surface area contributed by atoms with Crippen LogP contribution in [0.2, 0.25) is 0 Å². The van der Waals surface area contributed by atoms with E-state index in [0.717, 1.165) is 58.1 Å². The normalized spacial score (nSPS) is 22.4. The van der Waals surface area contributed by atoms with Crippen LogP contribution in [0.3, 0.4) is 0 Å². The first-order valence-corrected chi connectivity index (χ1v) is 9.11. The van der Waals surface area contributed by atoms with Crippen molar-refractivity contribution < 1.29 is 4.79 Å². The number of carbonyl (C=O) groups excluding carboxylic acids is 1. The van der Waals surface area contributed by atoms with E-state index in [1.54, 1.807) is 12.3 Å².